The van der Waals surface area contributed by atoms with E-state index in [2.05, 4.69) is 90.8 Å². The molecule has 0 N–H and O–H groups in total. The first-order chi connectivity index (χ1) is 15.7. The van der Waals surface area contributed by atoms with Gasteiger partial charge in [0.2, 0.25) is 0 Å². The molecular formula is C29H20N2O. The second kappa shape index (κ2) is 6.27. The van der Waals surface area contributed by atoms with Gasteiger partial charge in [0.25, 0.3) is 0 Å². The van der Waals surface area contributed by atoms with E-state index >= 15 is 0 Å². The van der Waals surface area contributed by atoms with E-state index < -0.39 is 0 Å². The Bertz CT molecular complexity index is 1800. The van der Waals surface area contributed by atoms with Crippen LogP contribution in [-0.2, 0) is 0 Å². The minimum atomic E-state index is 0.0760. The quantitative estimate of drug-likeness (QED) is 0.202. The maximum atomic E-state index is 6.48. The Labute approximate surface area is 184 Å². The highest BCUT2D eigenvalue weighted by molar-refractivity contribution is 6.32. The summed E-state index contributed by atoms with van der Waals surface area (Å²) in [6, 6.07) is 28.2. The van der Waals surface area contributed by atoms with Crippen LogP contribution >= 0.6 is 0 Å². The third kappa shape index (κ3) is 2.36. The number of benzene rings is 5. The van der Waals surface area contributed by atoms with Gasteiger partial charge in [0.15, 0.2) is 0 Å². The van der Waals surface area contributed by atoms with Crippen LogP contribution in [0.1, 0.15) is 19.4 Å². The smallest absolute Gasteiger partial charge is 0.143 e. The molecule has 1 unspecified atom stereocenters. The first-order valence-corrected chi connectivity index (χ1v) is 11.0. The molecule has 5 aromatic carbocycles. The Balaban J connectivity index is 1.67. The molecule has 0 fully saturated rings. The molecule has 3 heteroatoms. The third-order valence-corrected chi connectivity index (χ3v) is 6.66. The minimum absolute atomic E-state index is 0.0760. The molecule has 1 aliphatic heterocycles. The van der Waals surface area contributed by atoms with Crippen LogP contribution in [0.3, 0.4) is 0 Å². The standard InChI is InChI=1S/C29H20N2O/c1-16-28(31-17(2)30-16)20-11-12-26-25(15-20)27-24-14-19-8-4-3-7-18(19)13-23(24)21-9-5-6-10-22(21)29(27)32-26/h3-16H,1-2H3. The first-order valence-electron chi connectivity index (χ1n) is 11.0. The van der Waals surface area contributed by atoms with Crippen molar-refractivity contribution in [1.82, 2.24) is 0 Å². The van der Waals surface area contributed by atoms with Crippen molar-refractivity contribution in [2.24, 2.45) is 9.98 Å². The highest BCUT2D eigenvalue weighted by Gasteiger charge is 2.21. The van der Waals surface area contributed by atoms with Crippen molar-refractivity contribution >= 4 is 65.8 Å². The van der Waals surface area contributed by atoms with Gasteiger partial charge in [0, 0.05) is 16.2 Å². The van der Waals surface area contributed by atoms with E-state index in [9.17, 15) is 0 Å². The van der Waals surface area contributed by atoms with Crippen molar-refractivity contribution in [3.8, 4) is 0 Å². The Morgan fingerprint density at radius 2 is 1.44 bits per heavy atom. The van der Waals surface area contributed by atoms with E-state index in [4.69, 9.17) is 9.41 Å². The van der Waals surface area contributed by atoms with Gasteiger partial charge in [-0.25, -0.2) is 4.99 Å². The lowest BCUT2D eigenvalue weighted by Crippen LogP contribution is -2.12. The van der Waals surface area contributed by atoms with Gasteiger partial charge in [-0.05, 0) is 76.7 Å². The molecule has 0 radical (unpaired) electrons. The molecule has 32 heavy (non-hydrogen) atoms. The van der Waals surface area contributed by atoms with E-state index in [1.165, 1.54) is 32.3 Å². The number of aliphatic imine (C=N–C) groups is 2. The van der Waals surface area contributed by atoms with E-state index in [1.807, 2.05) is 6.92 Å². The molecule has 1 aromatic heterocycles. The molecule has 6 aromatic rings. The molecule has 1 aliphatic rings. The monoisotopic (exact) mass is 412 g/mol. The fraction of sp³-hybridized carbons (Fsp3) is 0.103. The van der Waals surface area contributed by atoms with Crippen LogP contribution in [0.25, 0.3) is 54.3 Å². The summed E-state index contributed by atoms with van der Waals surface area (Å²) in [7, 11) is 0. The molecule has 2 heterocycles. The summed E-state index contributed by atoms with van der Waals surface area (Å²) in [4.78, 5) is 9.29. The number of amidine groups is 1. The van der Waals surface area contributed by atoms with Crippen LogP contribution in [0.4, 0.5) is 0 Å². The van der Waals surface area contributed by atoms with Gasteiger partial charge >= 0.3 is 0 Å². The van der Waals surface area contributed by atoms with Gasteiger partial charge in [0.05, 0.1) is 11.8 Å². The van der Waals surface area contributed by atoms with Crippen LogP contribution < -0.4 is 0 Å². The average molecular weight is 412 g/mol. The molecule has 0 bridgehead atoms. The van der Waals surface area contributed by atoms with Gasteiger partial charge < -0.3 is 4.42 Å². The highest BCUT2D eigenvalue weighted by Crippen LogP contribution is 2.42. The summed E-state index contributed by atoms with van der Waals surface area (Å²) in [6.07, 6.45) is 0. The summed E-state index contributed by atoms with van der Waals surface area (Å²) < 4.78 is 6.48. The lowest BCUT2D eigenvalue weighted by atomic mass is 9.93. The van der Waals surface area contributed by atoms with Crippen LogP contribution in [0, 0.1) is 0 Å². The van der Waals surface area contributed by atoms with Gasteiger partial charge in [-0.15, -0.1) is 0 Å². The largest absolute Gasteiger partial charge is 0.455 e. The van der Waals surface area contributed by atoms with E-state index in [0.29, 0.717) is 0 Å². The Morgan fingerprint density at radius 3 is 2.19 bits per heavy atom. The van der Waals surface area contributed by atoms with E-state index in [0.717, 1.165) is 39.0 Å². The topological polar surface area (TPSA) is 37.9 Å². The summed E-state index contributed by atoms with van der Waals surface area (Å²) in [5, 5.41) is 9.63. The molecule has 152 valence electrons. The van der Waals surface area contributed by atoms with Gasteiger partial charge in [0.1, 0.15) is 17.0 Å². The summed E-state index contributed by atoms with van der Waals surface area (Å²) in [6.45, 7) is 4.06. The van der Waals surface area contributed by atoms with Crippen LogP contribution in [0.15, 0.2) is 93.3 Å². The number of hydrogen-bond donors (Lipinski definition) is 0. The normalized spacial score (nSPS) is 16.5. The average Bonchev–Trinajstić information content (AvgIpc) is 3.37. The van der Waals surface area contributed by atoms with Crippen molar-refractivity contribution in [2.45, 2.75) is 19.9 Å². The van der Waals surface area contributed by atoms with Crippen molar-refractivity contribution < 1.29 is 4.42 Å². The van der Waals surface area contributed by atoms with Crippen molar-refractivity contribution in [2.75, 3.05) is 0 Å². The van der Waals surface area contributed by atoms with Crippen LogP contribution in [0.2, 0.25) is 0 Å². The molecule has 0 amide bonds. The second-order valence-electron chi connectivity index (χ2n) is 8.66. The summed E-state index contributed by atoms with van der Waals surface area (Å²) in [5.74, 6) is 0.840. The van der Waals surface area contributed by atoms with Crippen molar-refractivity contribution in [3.05, 3.63) is 84.4 Å². The number of fused-ring (bicyclic) bond motifs is 9. The summed E-state index contributed by atoms with van der Waals surface area (Å²) >= 11 is 0. The molecule has 7 rings (SSSR count). The molecular weight excluding hydrogens is 392 g/mol. The second-order valence-corrected chi connectivity index (χ2v) is 8.66. The molecule has 0 spiro atoms. The zero-order valence-electron chi connectivity index (χ0n) is 17.9. The van der Waals surface area contributed by atoms with Crippen molar-refractivity contribution in [1.29, 1.82) is 0 Å². The van der Waals surface area contributed by atoms with Crippen LogP contribution in [-0.4, -0.2) is 17.6 Å². The van der Waals surface area contributed by atoms with Gasteiger partial charge in [-0.3, -0.25) is 4.99 Å². The molecule has 0 saturated carbocycles. The lowest BCUT2D eigenvalue weighted by Gasteiger charge is -2.09. The zero-order valence-corrected chi connectivity index (χ0v) is 17.9. The third-order valence-electron chi connectivity index (χ3n) is 6.66. The predicted octanol–water partition coefficient (Wildman–Crippen LogP) is 7.66. The molecule has 1 atom stereocenters. The maximum absolute atomic E-state index is 6.48. The van der Waals surface area contributed by atoms with E-state index in [1.54, 1.807) is 0 Å². The van der Waals surface area contributed by atoms with Gasteiger partial charge in [-0.2, -0.15) is 0 Å². The molecule has 3 nitrogen and oxygen atoms in total. The molecule has 0 saturated heterocycles. The summed E-state index contributed by atoms with van der Waals surface area (Å²) in [5.41, 5.74) is 3.98. The van der Waals surface area contributed by atoms with E-state index in [-0.39, 0.29) is 6.04 Å². The lowest BCUT2D eigenvalue weighted by molar-refractivity contribution is 0.673. The van der Waals surface area contributed by atoms with Crippen molar-refractivity contribution in [3.63, 3.8) is 0 Å². The predicted molar refractivity (Wildman–Crippen MR) is 135 cm³/mol. The maximum Gasteiger partial charge on any atom is 0.143 e. The number of nitrogens with zero attached hydrogens (tertiary/aromatic N) is 2. The van der Waals surface area contributed by atoms with Gasteiger partial charge in [-0.1, -0.05) is 48.5 Å². The highest BCUT2D eigenvalue weighted by atomic mass is 16.3. The van der Waals surface area contributed by atoms with Crippen LogP contribution in [0.5, 0.6) is 0 Å². The Kier molecular flexibility index (Phi) is 3.46. The molecule has 0 aliphatic carbocycles. The minimum Gasteiger partial charge on any atom is -0.455 e. The number of rotatable bonds is 1. The zero-order chi connectivity index (χ0) is 21.4. The number of furan rings is 1. The Hall–Kier alpha value is -3.98. The SMILES string of the molecule is CC1=NC(C)C(c2ccc3oc4c5ccccc5c5cc6ccccc6cc5c4c3c2)=N1. The fourth-order valence-corrected chi connectivity index (χ4v) is 5.24. The Morgan fingerprint density at radius 1 is 0.719 bits per heavy atom. The first kappa shape index (κ1) is 17.7. The fourth-order valence-electron chi connectivity index (χ4n) is 5.24. The number of hydrogen-bond acceptors (Lipinski definition) is 3.